The normalized spacial score (nSPS) is 11.3. The highest BCUT2D eigenvalue weighted by molar-refractivity contribution is 7.98. The first kappa shape index (κ1) is 20.8. The molecule has 0 spiro atoms. The Morgan fingerprint density at radius 1 is 1.19 bits per heavy atom. The first-order valence-electron chi connectivity index (χ1n) is 8.14. The van der Waals surface area contributed by atoms with Gasteiger partial charge in [0, 0.05) is 17.5 Å². The summed E-state index contributed by atoms with van der Waals surface area (Å²) in [6.07, 6.45) is 7.92. The van der Waals surface area contributed by atoms with Crippen LogP contribution in [0.4, 0.5) is 5.69 Å². The van der Waals surface area contributed by atoms with Crippen LogP contribution in [0.3, 0.4) is 0 Å². The van der Waals surface area contributed by atoms with Gasteiger partial charge in [-0.15, -0.1) is 11.8 Å². The molecular formula is C20H22N2O3S2. The molecule has 5 nitrogen and oxygen atoms in total. The molecule has 0 aliphatic rings. The maximum Gasteiger partial charge on any atom is 0.244 e. The van der Waals surface area contributed by atoms with Crippen molar-refractivity contribution in [3.05, 3.63) is 71.8 Å². The van der Waals surface area contributed by atoms with E-state index in [1.807, 2.05) is 30.5 Å². The van der Waals surface area contributed by atoms with E-state index in [2.05, 4.69) is 16.6 Å². The minimum Gasteiger partial charge on any atom is -0.348 e. The van der Waals surface area contributed by atoms with Crippen molar-refractivity contribution in [3.8, 4) is 0 Å². The quantitative estimate of drug-likeness (QED) is 0.521. The van der Waals surface area contributed by atoms with Gasteiger partial charge in [-0.25, -0.2) is 8.42 Å². The molecule has 2 N–H and O–H groups in total. The predicted octanol–water partition coefficient (Wildman–Crippen LogP) is 3.75. The lowest BCUT2D eigenvalue weighted by Crippen LogP contribution is -2.20. The molecule has 7 heteroatoms. The summed E-state index contributed by atoms with van der Waals surface area (Å²) in [6.45, 7) is 4.03. The van der Waals surface area contributed by atoms with E-state index in [1.165, 1.54) is 11.0 Å². The number of carbonyl (C=O) groups is 1. The molecule has 0 saturated heterocycles. The number of rotatable bonds is 8. The number of nitrogens with one attached hydrogen (secondary N) is 2. The van der Waals surface area contributed by atoms with Gasteiger partial charge in [-0.3, -0.25) is 9.52 Å². The van der Waals surface area contributed by atoms with Crippen LogP contribution in [0, 0.1) is 0 Å². The fourth-order valence-corrected chi connectivity index (χ4v) is 3.31. The molecule has 2 aromatic rings. The highest BCUT2D eigenvalue weighted by Gasteiger charge is 2.07. The Balaban J connectivity index is 1.97. The van der Waals surface area contributed by atoms with E-state index < -0.39 is 10.0 Å². The molecule has 0 atom stereocenters. The molecule has 0 bridgehead atoms. The Bertz CT molecular complexity index is 950. The zero-order chi connectivity index (χ0) is 19.9. The summed E-state index contributed by atoms with van der Waals surface area (Å²) in [4.78, 5) is 13.2. The number of anilines is 1. The number of hydrogen-bond donors (Lipinski definition) is 2. The Hall–Kier alpha value is -2.51. The number of thioether (sulfide) groups is 1. The van der Waals surface area contributed by atoms with Crippen molar-refractivity contribution < 1.29 is 13.2 Å². The SMILES string of the molecule is C=Cc1cc(CNC(=O)C=Cc2ccc(SC)cc2)ccc1NS(C)(=O)=O. The Morgan fingerprint density at radius 3 is 2.48 bits per heavy atom. The summed E-state index contributed by atoms with van der Waals surface area (Å²) in [5.41, 5.74) is 2.90. The van der Waals surface area contributed by atoms with Gasteiger partial charge in [0.1, 0.15) is 0 Å². The monoisotopic (exact) mass is 402 g/mol. The first-order chi connectivity index (χ1) is 12.8. The number of amides is 1. The molecule has 0 aromatic heterocycles. The van der Waals surface area contributed by atoms with Crippen LogP contribution < -0.4 is 10.0 Å². The molecular weight excluding hydrogens is 380 g/mol. The second kappa shape index (κ2) is 9.43. The number of carbonyl (C=O) groups excluding carboxylic acids is 1. The van der Waals surface area contributed by atoms with E-state index in [0.29, 0.717) is 17.8 Å². The molecule has 0 unspecified atom stereocenters. The lowest BCUT2D eigenvalue weighted by atomic mass is 10.1. The second-order valence-electron chi connectivity index (χ2n) is 5.82. The molecule has 2 rings (SSSR count). The molecule has 0 aliphatic carbocycles. The van der Waals surface area contributed by atoms with E-state index in [9.17, 15) is 13.2 Å². The molecule has 0 heterocycles. The van der Waals surface area contributed by atoms with Gasteiger partial charge in [0.05, 0.1) is 11.9 Å². The van der Waals surface area contributed by atoms with Crippen LogP contribution in [0.5, 0.6) is 0 Å². The highest BCUT2D eigenvalue weighted by Crippen LogP contribution is 2.20. The molecule has 0 aliphatic heterocycles. The van der Waals surface area contributed by atoms with Gasteiger partial charge in [-0.2, -0.15) is 0 Å². The number of benzene rings is 2. The predicted molar refractivity (Wildman–Crippen MR) is 114 cm³/mol. The van der Waals surface area contributed by atoms with Crippen LogP contribution >= 0.6 is 11.8 Å². The van der Waals surface area contributed by atoms with Gasteiger partial charge in [0.25, 0.3) is 0 Å². The molecule has 0 saturated carbocycles. The lowest BCUT2D eigenvalue weighted by Gasteiger charge is -2.10. The van der Waals surface area contributed by atoms with Crippen LogP contribution in [0.25, 0.3) is 12.2 Å². The smallest absolute Gasteiger partial charge is 0.244 e. The first-order valence-corrected chi connectivity index (χ1v) is 11.3. The summed E-state index contributed by atoms with van der Waals surface area (Å²) in [5.74, 6) is -0.206. The van der Waals surface area contributed by atoms with E-state index in [4.69, 9.17) is 0 Å². The topological polar surface area (TPSA) is 75.3 Å². The van der Waals surface area contributed by atoms with Gasteiger partial charge in [0.15, 0.2) is 0 Å². The van der Waals surface area contributed by atoms with Crippen molar-refractivity contribution in [3.63, 3.8) is 0 Å². The molecule has 1 amide bonds. The van der Waals surface area contributed by atoms with Crippen LogP contribution in [0.15, 0.2) is 60.0 Å². The van der Waals surface area contributed by atoms with Crippen molar-refractivity contribution in [2.75, 3.05) is 17.2 Å². The highest BCUT2D eigenvalue weighted by atomic mass is 32.2. The summed E-state index contributed by atoms with van der Waals surface area (Å²) < 4.78 is 25.2. The van der Waals surface area contributed by atoms with Crippen molar-refractivity contribution in [1.82, 2.24) is 5.32 Å². The average Bonchev–Trinajstić information content (AvgIpc) is 2.64. The Morgan fingerprint density at radius 2 is 1.89 bits per heavy atom. The maximum atomic E-state index is 12.0. The van der Waals surface area contributed by atoms with Crippen molar-refractivity contribution in [2.24, 2.45) is 0 Å². The van der Waals surface area contributed by atoms with E-state index in [1.54, 1.807) is 42.1 Å². The molecule has 0 fully saturated rings. The van der Waals surface area contributed by atoms with Crippen molar-refractivity contribution in [1.29, 1.82) is 0 Å². The summed E-state index contributed by atoms with van der Waals surface area (Å²) in [7, 11) is -3.36. The summed E-state index contributed by atoms with van der Waals surface area (Å²) in [5, 5.41) is 2.81. The van der Waals surface area contributed by atoms with Gasteiger partial charge >= 0.3 is 0 Å². The molecule has 27 heavy (non-hydrogen) atoms. The van der Waals surface area contributed by atoms with Crippen molar-refractivity contribution >= 4 is 45.5 Å². The lowest BCUT2D eigenvalue weighted by molar-refractivity contribution is -0.116. The zero-order valence-electron chi connectivity index (χ0n) is 15.2. The zero-order valence-corrected chi connectivity index (χ0v) is 16.9. The molecule has 142 valence electrons. The Labute approximate surface area is 164 Å². The van der Waals surface area contributed by atoms with Gasteiger partial charge in [-0.1, -0.05) is 30.9 Å². The van der Waals surface area contributed by atoms with Crippen molar-refractivity contribution in [2.45, 2.75) is 11.4 Å². The standard InChI is InChI=1S/C20H22N2O3S2/c1-4-17-13-16(7-11-19(17)22-27(3,24)25)14-21-20(23)12-8-15-5-9-18(26-2)10-6-15/h4-13,22H,1,14H2,2-3H3,(H,21,23). The van der Waals surface area contributed by atoms with Gasteiger partial charge in [0.2, 0.25) is 15.9 Å². The van der Waals surface area contributed by atoms with E-state index >= 15 is 0 Å². The minimum absolute atomic E-state index is 0.206. The van der Waals surface area contributed by atoms with Crippen LogP contribution in [0.2, 0.25) is 0 Å². The fraction of sp³-hybridized carbons (Fsp3) is 0.150. The Kier molecular flexibility index (Phi) is 7.27. The van der Waals surface area contributed by atoms with Crippen LogP contribution in [0.1, 0.15) is 16.7 Å². The number of sulfonamides is 1. The van der Waals surface area contributed by atoms with Crippen LogP contribution in [-0.4, -0.2) is 26.8 Å². The third kappa shape index (κ3) is 6.96. The fourth-order valence-electron chi connectivity index (χ4n) is 2.32. The van der Waals surface area contributed by atoms with E-state index in [0.717, 1.165) is 17.4 Å². The van der Waals surface area contributed by atoms with Gasteiger partial charge in [-0.05, 0) is 53.3 Å². The number of hydrogen-bond acceptors (Lipinski definition) is 4. The molecule has 0 radical (unpaired) electrons. The van der Waals surface area contributed by atoms with E-state index in [-0.39, 0.29) is 5.91 Å². The average molecular weight is 403 g/mol. The third-order valence-corrected chi connectivity index (χ3v) is 4.98. The second-order valence-corrected chi connectivity index (χ2v) is 8.45. The van der Waals surface area contributed by atoms with Gasteiger partial charge < -0.3 is 5.32 Å². The summed E-state index contributed by atoms with van der Waals surface area (Å²) >= 11 is 1.67. The maximum absolute atomic E-state index is 12.0. The van der Waals surface area contributed by atoms with Crippen LogP contribution in [-0.2, 0) is 21.4 Å². The summed E-state index contributed by atoms with van der Waals surface area (Å²) in [6, 6.07) is 13.1. The third-order valence-electron chi connectivity index (χ3n) is 3.64. The molecule has 2 aromatic carbocycles. The minimum atomic E-state index is -3.36. The largest absolute Gasteiger partial charge is 0.348 e.